The molecule has 0 aromatic rings. The Balaban J connectivity index is 3.15. The lowest BCUT2D eigenvalue weighted by molar-refractivity contribution is -0.137. The van der Waals surface area contributed by atoms with Crippen molar-refractivity contribution in [1.29, 1.82) is 0 Å². The molecule has 0 aromatic heterocycles. The number of carbonyl (C=O) groups is 2. The van der Waals surface area contributed by atoms with Gasteiger partial charge in [-0.2, -0.15) is 0 Å². The fourth-order valence-electron chi connectivity index (χ4n) is 3.23. The molecule has 29 heavy (non-hydrogen) atoms. The average molecular weight is 412 g/mol. The molecule has 0 heterocycles. The topological polar surface area (TPSA) is 64.6 Å². The molecule has 0 aliphatic rings. The maximum atomic E-state index is 11.4. The first kappa shape index (κ1) is 27.5. The molecule has 0 unspecified atom stereocenters. The van der Waals surface area contributed by atoms with E-state index >= 15 is 0 Å². The van der Waals surface area contributed by atoms with Crippen LogP contribution in [0.1, 0.15) is 110 Å². The minimum Gasteiger partial charge on any atom is -0.461 e. The van der Waals surface area contributed by atoms with Gasteiger partial charge in [0.15, 0.2) is 0 Å². The Morgan fingerprint density at radius 1 is 0.690 bits per heavy atom. The van der Waals surface area contributed by atoms with Crippen LogP contribution in [0.3, 0.4) is 0 Å². The quantitative estimate of drug-likeness (QED) is 0.130. The van der Waals surface area contributed by atoms with Crippen LogP contribution in [0.5, 0.6) is 0 Å². The fourth-order valence-corrected chi connectivity index (χ4v) is 3.23. The van der Waals surface area contributed by atoms with Crippen LogP contribution in [-0.4, -0.2) is 31.8 Å². The first-order valence-corrected chi connectivity index (χ1v) is 11.9. The summed E-state index contributed by atoms with van der Waals surface area (Å²) in [5, 5.41) is 2.54. The van der Waals surface area contributed by atoms with Gasteiger partial charge >= 0.3 is 12.1 Å². The van der Waals surface area contributed by atoms with Crippen molar-refractivity contribution in [3.8, 4) is 0 Å². The molecule has 0 rings (SSSR count). The zero-order valence-electron chi connectivity index (χ0n) is 18.9. The molecule has 0 fully saturated rings. The van der Waals surface area contributed by atoms with Gasteiger partial charge in [0, 0.05) is 6.08 Å². The van der Waals surface area contributed by atoms with E-state index in [1.807, 2.05) is 0 Å². The predicted molar refractivity (Wildman–Crippen MR) is 120 cm³/mol. The highest BCUT2D eigenvalue weighted by molar-refractivity contribution is 5.81. The molecular weight excluding hydrogens is 366 g/mol. The number of esters is 1. The van der Waals surface area contributed by atoms with Crippen LogP contribution < -0.4 is 5.32 Å². The number of amides is 1. The summed E-state index contributed by atoms with van der Waals surface area (Å²) in [6, 6.07) is 0. The van der Waals surface area contributed by atoms with E-state index in [2.05, 4.69) is 18.8 Å². The molecule has 0 aliphatic carbocycles. The number of nitrogens with one attached hydrogen (secondary N) is 1. The van der Waals surface area contributed by atoms with Crippen LogP contribution in [0.25, 0.3) is 0 Å². The molecule has 0 radical (unpaired) electrons. The first-order chi connectivity index (χ1) is 14.2. The summed E-state index contributed by atoms with van der Waals surface area (Å²) >= 11 is 0. The third-order valence-corrected chi connectivity index (χ3v) is 5.01. The smallest absolute Gasteiger partial charge is 0.407 e. The lowest BCUT2D eigenvalue weighted by Gasteiger charge is -2.07. The van der Waals surface area contributed by atoms with E-state index in [-0.39, 0.29) is 13.2 Å². The van der Waals surface area contributed by atoms with Crippen LogP contribution in [0.2, 0.25) is 0 Å². The van der Waals surface area contributed by atoms with E-state index in [1.165, 1.54) is 89.9 Å². The summed E-state index contributed by atoms with van der Waals surface area (Å²) in [5.41, 5.74) is 0. The van der Waals surface area contributed by atoms with Crippen LogP contribution in [0.4, 0.5) is 4.79 Å². The SMILES string of the molecule is C=CC(=O)OCCNC(=O)OCCCCCCCCCCCCCCCCCC. The monoisotopic (exact) mass is 411 g/mol. The summed E-state index contributed by atoms with van der Waals surface area (Å²) in [6.45, 7) is 6.38. The standard InChI is InChI=1S/C24H45NO4/c1-3-5-6-7-8-9-10-11-12-13-14-15-16-17-18-19-21-29-24(27)25-20-22-28-23(26)4-2/h4H,2-3,5-22H2,1H3,(H,25,27). The Morgan fingerprint density at radius 3 is 1.59 bits per heavy atom. The molecule has 5 nitrogen and oxygen atoms in total. The number of unbranched alkanes of at least 4 members (excludes halogenated alkanes) is 15. The molecule has 0 aliphatic heterocycles. The number of alkyl carbamates (subject to hydrolysis) is 1. The van der Waals surface area contributed by atoms with Gasteiger partial charge in [0.1, 0.15) is 6.61 Å². The molecule has 0 spiro atoms. The van der Waals surface area contributed by atoms with Gasteiger partial charge in [-0.25, -0.2) is 9.59 Å². The maximum absolute atomic E-state index is 11.4. The largest absolute Gasteiger partial charge is 0.461 e. The minimum absolute atomic E-state index is 0.124. The fraction of sp³-hybridized carbons (Fsp3) is 0.833. The van der Waals surface area contributed by atoms with Gasteiger partial charge in [0.05, 0.1) is 13.2 Å². The third kappa shape index (κ3) is 22.6. The van der Waals surface area contributed by atoms with Gasteiger partial charge < -0.3 is 14.8 Å². The molecule has 0 bridgehead atoms. The molecule has 0 saturated carbocycles. The highest BCUT2D eigenvalue weighted by Gasteiger charge is 2.02. The zero-order chi connectivity index (χ0) is 21.4. The summed E-state index contributed by atoms with van der Waals surface area (Å²) < 4.78 is 9.84. The van der Waals surface area contributed by atoms with Gasteiger partial charge in [-0.1, -0.05) is 110 Å². The highest BCUT2D eigenvalue weighted by Crippen LogP contribution is 2.13. The molecular formula is C24H45NO4. The summed E-state index contributed by atoms with van der Waals surface area (Å²) in [5.74, 6) is -0.492. The van der Waals surface area contributed by atoms with Crippen molar-refractivity contribution in [2.45, 2.75) is 110 Å². The lowest BCUT2D eigenvalue weighted by atomic mass is 10.0. The molecule has 170 valence electrons. The normalized spacial score (nSPS) is 10.5. The van der Waals surface area contributed by atoms with Crippen LogP contribution >= 0.6 is 0 Å². The van der Waals surface area contributed by atoms with E-state index in [1.54, 1.807) is 0 Å². The van der Waals surface area contributed by atoms with Crippen molar-refractivity contribution in [3.63, 3.8) is 0 Å². The second-order valence-corrected chi connectivity index (χ2v) is 7.74. The second-order valence-electron chi connectivity index (χ2n) is 7.74. The van der Waals surface area contributed by atoms with Gasteiger partial charge in [-0.15, -0.1) is 0 Å². The van der Waals surface area contributed by atoms with E-state index in [4.69, 9.17) is 9.47 Å². The van der Waals surface area contributed by atoms with E-state index < -0.39 is 12.1 Å². The molecule has 0 atom stereocenters. The van der Waals surface area contributed by atoms with Gasteiger partial charge in [-0.05, 0) is 6.42 Å². The highest BCUT2D eigenvalue weighted by atomic mass is 16.6. The van der Waals surface area contributed by atoms with Gasteiger partial charge in [-0.3, -0.25) is 0 Å². The Morgan fingerprint density at radius 2 is 1.14 bits per heavy atom. The first-order valence-electron chi connectivity index (χ1n) is 11.9. The van der Waals surface area contributed by atoms with Crippen LogP contribution in [0.15, 0.2) is 12.7 Å². The molecule has 5 heteroatoms. The Hall–Kier alpha value is -1.52. The van der Waals surface area contributed by atoms with Crippen LogP contribution in [0, 0.1) is 0 Å². The Labute approximate surface area is 179 Å². The maximum Gasteiger partial charge on any atom is 0.407 e. The lowest BCUT2D eigenvalue weighted by Crippen LogP contribution is -2.28. The summed E-state index contributed by atoms with van der Waals surface area (Å²) in [6.07, 6.45) is 21.8. The minimum atomic E-state index is -0.492. The third-order valence-electron chi connectivity index (χ3n) is 5.01. The summed E-state index contributed by atoms with van der Waals surface area (Å²) in [7, 11) is 0. The van der Waals surface area contributed by atoms with Gasteiger partial charge in [0.2, 0.25) is 0 Å². The second kappa shape index (κ2) is 22.8. The van der Waals surface area contributed by atoms with Crippen molar-refractivity contribution in [2.24, 2.45) is 0 Å². The van der Waals surface area contributed by atoms with Crippen molar-refractivity contribution in [1.82, 2.24) is 5.32 Å². The predicted octanol–water partition coefficient (Wildman–Crippen LogP) is 6.70. The van der Waals surface area contributed by atoms with Crippen molar-refractivity contribution in [2.75, 3.05) is 19.8 Å². The van der Waals surface area contributed by atoms with Crippen LogP contribution in [-0.2, 0) is 14.3 Å². The van der Waals surface area contributed by atoms with Gasteiger partial charge in [0.25, 0.3) is 0 Å². The zero-order valence-corrected chi connectivity index (χ0v) is 18.9. The van der Waals surface area contributed by atoms with Crippen molar-refractivity contribution >= 4 is 12.1 Å². The number of hydrogen-bond acceptors (Lipinski definition) is 4. The Kier molecular flexibility index (Phi) is 21.6. The molecule has 1 amide bonds. The van der Waals surface area contributed by atoms with E-state index in [9.17, 15) is 9.59 Å². The number of rotatable bonds is 21. The number of ether oxygens (including phenoxy) is 2. The molecule has 0 aromatic carbocycles. The van der Waals surface area contributed by atoms with Crippen molar-refractivity contribution < 1.29 is 19.1 Å². The Bertz CT molecular complexity index is 398. The molecule has 0 saturated heterocycles. The van der Waals surface area contributed by atoms with E-state index in [0.29, 0.717) is 6.61 Å². The number of hydrogen-bond donors (Lipinski definition) is 1. The molecule has 1 N–H and O–H groups in total. The van der Waals surface area contributed by atoms with E-state index in [0.717, 1.165) is 18.9 Å². The summed E-state index contributed by atoms with van der Waals surface area (Å²) in [4.78, 5) is 22.2. The number of carbonyl (C=O) groups excluding carboxylic acids is 2. The average Bonchev–Trinajstić information content (AvgIpc) is 2.73. The van der Waals surface area contributed by atoms with Crippen molar-refractivity contribution in [3.05, 3.63) is 12.7 Å².